The molecular formula is C15H13N5O. The van der Waals surface area contributed by atoms with Gasteiger partial charge in [-0.3, -0.25) is 9.89 Å². The fraction of sp³-hybridized carbons (Fsp3) is 0. The third kappa shape index (κ3) is 2.89. The van der Waals surface area contributed by atoms with E-state index in [-0.39, 0.29) is 17.7 Å². The van der Waals surface area contributed by atoms with Crippen molar-refractivity contribution in [3.05, 3.63) is 60.4 Å². The predicted octanol–water partition coefficient (Wildman–Crippen LogP) is 2.31. The Labute approximate surface area is 121 Å². The Morgan fingerprint density at radius 2 is 1.67 bits per heavy atom. The average Bonchev–Trinajstić information content (AvgIpc) is 2.96. The third-order valence-corrected chi connectivity index (χ3v) is 2.97. The van der Waals surface area contributed by atoms with Gasteiger partial charge < -0.3 is 11.1 Å². The van der Waals surface area contributed by atoms with E-state index in [1.54, 1.807) is 0 Å². The van der Waals surface area contributed by atoms with Gasteiger partial charge in [0.05, 0.1) is 0 Å². The Hall–Kier alpha value is -3.15. The van der Waals surface area contributed by atoms with Crippen molar-refractivity contribution in [2.45, 2.75) is 0 Å². The molecule has 0 aliphatic heterocycles. The molecule has 0 bridgehead atoms. The summed E-state index contributed by atoms with van der Waals surface area (Å²) in [4.78, 5) is 15.7. The third-order valence-electron chi connectivity index (χ3n) is 2.97. The van der Waals surface area contributed by atoms with Crippen molar-refractivity contribution in [1.82, 2.24) is 15.2 Å². The lowest BCUT2D eigenvalue weighted by Crippen LogP contribution is -2.13. The number of aromatic amines is 1. The van der Waals surface area contributed by atoms with Crippen LogP contribution in [-0.2, 0) is 0 Å². The number of nitrogens with two attached hydrogens (primary N) is 1. The van der Waals surface area contributed by atoms with Crippen LogP contribution in [0.4, 0.5) is 11.6 Å². The minimum absolute atomic E-state index is 0.0413. The Balaban J connectivity index is 1.74. The van der Waals surface area contributed by atoms with Crippen molar-refractivity contribution in [3.63, 3.8) is 0 Å². The quantitative estimate of drug-likeness (QED) is 0.685. The predicted molar refractivity (Wildman–Crippen MR) is 80.6 cm³/mol. The maximum absolute atomic E-state index is 11.9. The van der Waals surface area contributed by atoms with Crippen molar-refractivity contribution in [3.8, 4) is 11.1 Å². The summed E-state index contributed by atoms with van der Waals surface area (Å²) in [6.07, 6.45) is 0. The van der Waals surface area contributed by atoms with Gasteiger partial charge >= 0.3 is 0 Å². The van der Waals surface area contributed by atoms with E-state index in [0.717, 1.165) is 11.1 Å². The molecule has 0 spiro atoms. The van der Waals surface area contributed by atoms with Crippen LogP contribution in [-0.4, -0.2) is 21.1 Å². The Morgan fingerprint density at radius 1 is 1.00 bits per heavy atom. The molecule has 0 fully saturated rings. The summed E-state index contributed by atoms with van der Waals surface area (Å²) in [5.41, 5.74) is 8.24. The van der Waals surface area contributed by atoms with Crippen LogP contribution in [0.25, 0.3) is 11.1 Å². The largest absolute Gasteiger partial charge is 0.366 e. The highest BCUT2D eigenvalue weighted by Crippen LogP contribution is 2.21. The van der Waals surface area contributed by atoms with E-state index >= 15 is 0 Å². The molecule has 1 aromatic heterocycles. The molecule has 0 atom stereocenters. The van der Waals surface area contributed by atoms with Gasteiger partial charge in [-0.25, -0.2) is 0 Å². The van der Waals surface area contributed by atoms with Crippen molar-refractivity contribution < 1.29 is 4.79 Å². The number of aromatic nitrogens is 3. The second-order valence-electron chi connectivity index (χ2n) is 4.44. The number of amides is 1. The van der Waals surface area contributed by atoms with Crippen LogP contribution < -0.4 is 11.1 Å². The monoisotopic (exact) mass is 279 g/mol. The number of carbonyl (C=O) groups excluding carboxylic acids is 1. The van der Waals surface area contributed by atoms with Crippen LogP contribution in [0.15, 0.2) is 54.6 Å². The molecule has 0 radical (unpaired) electrons. The van der Waals surface area contributed by atoms with E-state index in [9.17, 15) is 4.79 Å². The molecule has 6 heteroatoms. The fourth-order valence-corrected chi connectivity index (χ4v) is 1.94. The van der Waals surface area contributed by atoms with E-state index in [4.69, 9.17) is 5.73 Å². The minimum atomic E-state index is -0.383. The van der Waals surface area contributed by atoms with Gasteiger partial charge in [-0.05, 0) is 23.3 Å². The zero-order valence-corrected chi connectivity index (χ0v) is 11.1. The lowest BCUT2D eigenvalue weighted by molar-refractivity contribution is 0.101. The van der Waals surface area contributed by atoms with Crippen molar-refractivity contribution in [1.29, 1.82) is 0 Å². The standard InChI is InChI=1S/C15H13N5O/c16-15-18-13(19-20-15)14(21)17-12-8-6-11(7-9-12)10-4-2-1-3-5-10/h1-9H,(H,17,21)(H3,16,18,19,20). The maximum atomic E-state index is 11.9. The lowest BCUT2D eigenvalue weighted by Gasteiger charge is -2.05. The van der Waals surface area contributed by atoms with Gasteiger partial charge in [0, 0.05) is 5.69 Å². The van der Waals surface area contributed by atoms with E-state index in [2.05, 4.69) is 20.5 Å². The number of nitrogens with one attached hydrogen (secondary N) is 2. The molecular weight excluding hydrogens is 266 g/mol. The van der Waals surface area contributed by atoms with Gasteiger partial charge in [0.25, 0.3) is 5.91 Å². The molecule has 2 aromatic carbocycles. The normalized spacial score (nSPS) is 10.3. The van der Waals surface area contributed by atoms with Gasteiger partial charge in [-0.1, -0.05) is 42.5 Å². The number of nitrogens with zero attached hydrogens (tertiary/aromatic N) is 2. The number of rotatable bonds is 3. The molecule has 0 aliphatic rings. The molecule has 4 N–H and O–H groups in total. The summed E-state index contributed by atoms with van der Waals surface area (Å²) in [7, 11) is 0. The topological polar surface area (TPSA) is 96.7 Å². The zero-order valence-electron chi connectivity index (χ0n) is 11.1. The van der Waals surface area contributed by atoms with Crippen molar-refractivity contribution >= 4 is 17.5 Å². The summed E-state index contributed by atoms with van der Waals surface area (Å²) < 4.78 is 0. The number of anilines is 2. The first-order valence-electron chi connectivity index (χ1n) is 6.37. The molecule has 0 aliphatic carbocycles. The van der Waals surface area contributed by atoms with Gasteiger partial charge in [-0.2, -0.15) is 4.98 Å². The summed E-state index contributed by atoms with van der Waals surface area (Å²) in [5, 5.41) is 8.80. The summed E-state index contributed by atoms with van der Waals surface area (Å²) in [6.45, 7) is 0. The summed E-state index contributed by atoms with van der Waals surface area (Å²) in [5.74, 6) is -0.258. The van der Waals surface area contributed by atoms with E-state index in [0.29, 0.717) is 5.69 Å². The number of benzene rings is 2. The number of hydrogen-bond acceptors (Lipinski definition) is 4. The van der Waals surface area contributed by atoms with E-state index in [1.807, 2.05) is 54.6 Å². The highest BCUT2D eigenvalue weighted by molar-refractivity contribution is 6.01. The number of nitrogen functional groups attached to an aromatic ring is 1. The Bertz CT molecular complexity index is 749. The van der Waals surface area contributed by atoms with E-state index in [1.165, 1.54) is 0 Å². The van der Waals surface area contributed by atoms with Crippen molar-refractivity contribution in [2.24, 2.45) is 0 Å². The molecule has 0 saturated heterocycles. The second kappa shape index (κ2) is 5.46. The first-order chi connectivity index (χ1) is 10.2. The molecule has 6 nitrogen and oxygen atoms in total. The van der Waals surface area contributed by atoms with Gasteiger partial charge in [0.15, 0.2) is 0 Å². The minimum Gasteiger partial charge on any atom is -0.366 e. The van der Waals surface area contributed by atoms with Crippen LogP contribution in [0.1, 0.15) is 10.6 Å². The molecule has 3 aromatic rings. The SMILES string of the molecule is Nc1n[nH]c(C(=O)Nc2ccc(-c3ccccc3)cc2)n1. The highest BCUT2D eigenvalue weighted by atomic mass is 16.2. The molecule has 3 rings (SSSR count). The highest BCUT2D eigenvalue weighted by Gasteiger charge is 2.10. The van der Waals surface area contributed by atoms with Crippen LogP contribution in [0.5, 0.6) is 0 Å². The lowest BCUT2D eigenvalue weighted by atomic mass is 10.1. The molecule has 104 valence electrons. The van der Waals surface area contributed by atoms with Gasteiger partial charge in [0.2, 0.25) is 11.8 Å². The number of H-pyrrole nitrogens is 1. The Morgan fingerprint density at radius 3 is 2.29 bits per heavy atom. The fourth-order valence-electron chi connectivity index (χ4n) is 1.94. The van der Waals surface area contributed by atoms with Crippen LogP contribution in [0.3, 0.4) is 0 Å². The number of carbonyl (C=O) groups is 1. The van der Waals surface area contributed by atoms with E-state index < -0.39 is 0 Å². The molecule has 0 saturated carbocycles. The Kier molecular flexibility index (Phi) is 3.34. The molecule has 21 heavy (non-hydrogen) atoms. The maximum Gasteiger partial charge on any atom is 0.293 e. The smallest absolute Gasteiger partial charge is 0.293 e. The van der Waals surface area contributed by atoms with Crippen molar-refractivity contribution in [2.75, 3.05) is 11.1 Å². The molecule has 0 unspecified atom stereocenters. The van der Waals surface area contributed by atoms with Crippen LogP contribution in [0, 0.1) is 0 Å². The zero-order chi connectivity index (χ0) is 14.7. The summed E-state index contributed by atoms with van der Waals surface area (Å²) >= 11 is 0. The first-order valence-corrected chi connectivity index (χ1v) is 6.37. The van der Waals surface area contributed by atoms with Crippen LogP contribution >= 0.6 is 0 Å². The average molecular weight is 279 g/mol. The van der Waals surface area contributed by atoms with Gasteiger partial charge in [-0.15, -0.1) is 5.10 Å². The molecule has 1 heterocycles. The first kappa shape index (κ1) is 12.9. The van der Waals surface area contributed by atoms with Crippen LogP contribution in [0.2, 0.25) is 0 Å². The molecule has 1 amide bonds. The van der Waals surface area contributed by atoms with Gasteiger partial charge in [0.1, 0.15) is 0 Å². The summed E-state index contributed by atoms with van der Waals surface area (Å²) in [6, 6.07) is 17.6. The second-order valence-corrected chi connectivity index (χ2v) is 4.44. The number of hydrogen-bond donors (Lipinski definition) is 3.